The Morgan fingerprint density at radius 2 is 2.14 bits per heavy atom. The molecule has 3 nitrogen and oxygen atoms in total. The highest BCUT2D eigenvalue weighted by molar-refractivity contribution is 5.85. The number of Topliss-reactive ketones (excluding diaryl/α,β-unsaturated/α-hetero) is 1. The van der Waals surface area contributed by atoms with Gasteiger partial charge in [-0.05, 0) is 5.56 Å². The van der Waals surface area contributed by atoms with Gasteiger partial charge in [0.05, 0.1) is 6.61 Å². The van der Waals surface area contributed by atoms with Gasteiger partial charge in [-0.15, -0.1) is 0 Å². The van der Waals surface area contributed by atoms with Crippen molar-refractivity contribution in [2.45, 2.75) is 12.5 Å². The van der Waals surface area contributed by atoms with Crippen molar-refractivity contribution in [1.29, 1.82) is 0 Å². The molecular formula is C11H12O3. The van der Waals surface area contributed by atoms with E-state index in [4.69, 9.17) is 9.47 Å². The van der Waals surface area contributed by atoms with Crippen molar-refractivity contribution < 1.29 is 14.3 Å². The minimum absolute atomic E-state index is 0.0914. The summed E-state index contributed by atoms with van der Waals surface area (Å²) >= 11 is 0. The summed E-state index contributed by atoms with van der Waals surface area (Å²) in [7, 11) is 0. The van der Waals surface area contributed by atoms with E-state index in [2.05, 4.69) is 0 Å². The predicted molar refractivity (Wildman–Crippen MR) is 50.8 cm³/mol. The van der Waals surface area contributed by atoms with Crippen LogP contribution in [0.5, 0.6) is 0 Å². The molecule has 1 aliphatic heterocycles. The lowest BCUT2D eigenvalue weighted by Crippen LogP contribution is -2.24. The van der Waals surface area contributed by atoms with Gasteiger partial charge in [0, 0.05) is 6.42 Å². The van der Waals surface area contributed by atoms with Gasteiger partial charge in [-0.25, -0.2) is 0 Å². The third-order valence-electron chi connectivity index (χ3n) is 2.20. The Labute approximate surface area is 82.6 Å². The molecule has 0 aliphatic carbocycles. The maximum absolute atomic E-state index is 11.6. The zero-order chi connectivity index (χ0) is 9.80. The average molecular weight is 192 g/mol. The summed E-state index contributed by atoms with van der Waals surface area (Å²) in [4.78, 5) is 11.6. The van der Waals surface area contributed by atoms with E-state index in [-0.39, 0.29) is 18.7 Å². The summed E-state index contributed by atoms with van der Waals surface area (Å²) < 4.78 is 10.1. The molecule has 0 radical (unpaired) electrons. The number of benzene rings is 1. The molecule has 74 valence electrons. The van der Waals surface area contributed by atoms with E-state index in [1.54, 1.807) is 0 Å². The maximum Gasteiger partial charge on any atom is 0.168 e. The van der Waals surface area contributed by atoms with E-state index in [0.717, 1.165) is 5.56 Å². The fraction of sp³-hybridized carbons (Fsp3) is 0.364. The third-order valence-corrected chi connectivity index (χ3v) is 2.20. The van der Waals surface area contributed by atoms with Crippen molar-refractivity contribution in [2.24, 2.45) is 0 Å². The largest absolute Gasteiger partial charge is 0.352 e. The monoisotopic (exact) mass is 192 g/mol. The molecule has 1 aliphatic rings. The quantitative estimate of drug-likeness (QED) is 0.721. The van der Waals surface area contributed by atoms with Crippen molar-refractivity contribution >= 4 is 5.78 Å². The number of ketones is 1. The Bertz CT molecular complexity index is 302. The van der Waals surface area contributed by atoms with Crippen LogP contribution < -0.4 is 0 Å². The van der Waals surface area contributed by atoms with Crippen molar-refractivity contribution in [3.63, 3.8) is 0 Å². The fourth-order valence-electron chi connectivity index (χ4n) is 1.43. The Morgan fingerprint density at radius 3 is 2.79 bits per heavy atom. The van der Waals surface area contributed by atoms with Gasteiger partial charge in [0.2, 0.25) is 0 Å². The zero-order valence-corrected chi connectivity index (χ0v) is 7.81. The first-order valence-corrected chi connectivity index (χ1v) is 4.62. The van der Waals surface area contributed by atoms with Crippen LogP contribution in [0.15, 0.2) is 30.3 Å². The van der Waals surface area contributed by atoms with Crippen LogP contribution in [0.2, 0.25) is 0 Å². The van der Waals surface area contributed by atoms with Crippen molar-refractivity contribution in [3.05, 3.63) is 35.9 Å². The van der Waals surface area contributed by atoms with Crippen LogP contribution in [0.4, 0.5) is 0 Å². The lowest BCUT2D eigenvalue weighted by molar-refractivity contribution is -0.126. The standard InChI is InChI=1S/C11H12O3/c12-10(11-7-13-8-14-11)6-9-4-2-1-3-5-9/h1-5,11H,6-8H2. The molecule has 1 heterocycles. The van der Waals surface area contributed by atoms with Gasteiger partial charge in [-0.1, -0.05) is 30.3 Å². The zero-order valence-electron chi connectivity index (χ0n) is 7.81. The van der Waals surface area contributed by atoms with E-state index in [1.807, 2.05) is 30.3 Å². The molecule has 3 heteroatoms. The molecule has 1 fully saturated rings. The number of carbonyl (C=O) groups excluding carboxylic acids is 1. The van der Waals surface area contributed by atoms with Crippen LogP contribution in [0, 0.1) is 0 Å². The molecular weight excluding hydrogens is 180 g/mol. The highest BCUT2D eigenvalue weighted by atomic mass is 16.7. The fourth-order valence-corrected chi connectivity index (χ4v) is 1.43. The van der Waals surface area contributed by atoms with Crippen LogP contribution in [0.25, 0.3) is 0 Å². The molecule has 2 rings (SSSR count). The molecule has 0 amide bonds. The molecule has 1 atom stereocenters. The molecule has 0 saturated carbocycles. The number of hydrogen-bond acceptors (Lipinski definition) is 3. The van der Waals surface area contributed by atoms with E-state index >= 15 is 0 Å². The third kappa shape index (κ3) is 2.19. The predicted octanol–water partition coefficient (Wildman–Crippen LogP) is 1.17. The molecule has 0 spiro atoms. The molecule has 0 N–H and O–H groups in total. The van der Waals surface area contributed by atoms with E-state index in [9.17, 15) is 4.79 Å². The van der Waals surface area contributed by atoms with Gasteiger partial charge >= 0.3 is 0 Å². The first-order chi connectivity index (χ1) is 6.86. The molecule has 1 aromatic carbocycles. The average Bonchev–Trinajstić information content (AvgIpc) is 2.72. The SMILES string of the molecule is O=C(Cc1ccccc1)C1COCO1. The minimum atomic E-state index is -0.366. The first kappa shape index (κ1) is 9.37. The highest BCUT2D eigenvalue weighted by Gasteiger charge is 2.23. The summed E-state index contributed by atoms with van der Waals surface area (Å²) in [6.45, 7) is 0.636. The second kappa shape index (κ2) is 4.35. The molecule has 0 bridgehead atoms. The van der Waals surface area contributed by atoms with Crippen LogP contribution in [-0.2, 0) is 20.7 Å². The lowest BCUT2D eigenvalue weighted by Gasteiger charge is -2.05. The number of hydrogen-bond donors (Lipinski definition) is 0. The van der Waals surface area contributed by atoms with E-state index in [0.29, 0.717) is 13.0 Å². The van der Waals surface area contributed by atoms with Crippen LogP contribution in [0.3, 0.4) is 0 Å². The van der Waals surface area contributed by atoms with Crippen LogP contribution >= 0.6 is 0 Å². The van der Waals surface area contributed by atoms with Gasteiger partial charge in [-0.3, -0.25) is 4.79 Å². The molecule has 14 heavy (non-hydrogen) atoms. The topological polar surface area (TPSA) is 35.5 Å². The number of rotatable bonds is 3. The van der Waals surface area contributed by atoms with Gasteiger partial charge in [0.1, 0.15) is 12.9 Å². The van der Waals surface area contributed by atoms with Gasteiger partial charge in [-0.2, -0.15) is 0 Å². The second-order valence-electron chi connectivity index (χ2n) is 3.27. The molecule has 1 aromatic rings. The lowest BCUT2D eigenvalue weighted by atomic mass is 10.1. The van der Waals surface area contributed by atoms with Gasteiger partial charge in [0.15, 0.2) is 5.78 Å². The Kier molecular flexibility index (Phi) is 2.91. The van der Waals surface area contributed by atoms with Crippen LogP contribution in [0.1, 0.15) is 5.56 Å². The molecule has 0 aromatic heterocycles. The summed E-state index contributed by atoms with van der Waals surface area (Å²) in [6.07, 6.45) is 0.0599. The minimum Gasteiger partial charge on any atom is -0.352 e. The van der Waals surface area contributed by atoms with Crippen molar-refractivity contribution in [2.75, 3.05) is 13.4 Å². The highest BCUT2D eigenvalue weighted by Crippen LogP contribution is 2.08. The Morgan fingerprint density at radius 1 is 1.36 bits per heavy atom. The Balaban J connectivity index is 1.94. The van der Waals surface area contributed by atoms with Crippen molar-refractivity contribution in [3.8, 4) is 0 Å². The van der Waals surface area contributed by atoms with Crippen molar-refractivity contribution in [1.82, 2.24) is 0 Å². The molecule has 1 unspecified atom stereocenters. The molecule has 1 saturated heterocycles. The normalized spacial score (nSPS) is 21.0. The summed E-state index contributed by atoms with van der Waals surface area (Å²) in [5, 5.41) is 0. The second-order valence-corrected chi connectivity index (χ2v) is 3.27. The van der Waals surface area contributed by atoms with Gasteiger partial charge < -0.3 is 9.47 Å². The summed E-state index contributed by atoms with van der Waals surface area (Å²) in [6, 6.07) is 9.66. The van der Waals surface area contributed by atoms with E-state index in [1.165, 1.54) is 0 Å². The van der Waals surface area contributed by atoms with Crippen LogP contribution in [-0.4, -0.2) is 25.3 Å². The summed E-state index contributed by atoms with van der Waals surface area (Å²) in [5.41, 5.74) is 1.02. The maximum atomic E-state index is 11.6. The van der Waals surface area contributed by atoms with Gasteiger partial charge in [0.25, 0.3) is 0 Å². The summed E-state index contributed by atoms with van der Waals surface area (Å²) in [5.74, 6) is 0.0914. The smallest absolute Gasteiger partial charge is 0.168 e. The number of carbonyl (C=O) groups is 1. The van der Waals surface area contributed by atoms with E-state index < -0.39 is 0 Å². The Hall–Kier alpha value is -1.19. The number of ether oxygens (including phenoxy) is 2. The first-order valence-electron chi connectivity index (χ1n) is 4.62.